The molecule has 0 aliphatic carbocycles. The number of hydrogen-bond acceptors (Lipinski definition) is 12. The van der Waals surface area contributed by atoms with E-state index in [1.165, 1.54) is 26.0 Å². The topological polar surface area (TPSA) is 171 Å². The molecule has 60 heavy (non-hydrogen) atoms. The number of piperidine rings is 1. The van der Waals surface area contributed by atoms with Crippen LogP contribution in [0.1, 0.15) is 75.3 Å². The van der Waals surface area contributed by atoms with Crippen molar-refractivity contribution < 1.29 is 48.3 Å². The number of ether oxygens (including phenoxy) is 4. The van der Waals surface area contributed by atoms with Crippen LogP contribution in [0, 0.1) is 11.8 Å². The van der Waals surface area contributed by atoms with Crippen molar-refractivity contribution in [2.24, 2.45) is 11.8 Å². The maximum atomic E-state index is 15.3. The predicted molar refractivity (Wildman–Crippen MR) is 223 cm³/mol. The molecule has 2 fully saturated rings. The third-order valence-corrected chi connectivity index (χ3v) is 14.7. The Hall–Kier alpha value is -4.76. The zero-order chi connectivity index (χ0) is 42.8. The highest BCUT2D eigenvalue weighted by Crippen LogP contribution is 2.61. The number of amides is 1. The van der Waals surface area contributed by atoms with Crippen LogP contribution in [0.15, 0.2) is 48.6 Å². The summed E-state index contributed by atoms with van der Waals surface area (Å²) in [4.78, 5) is 65.2. The number of benzene rings is 2. The van der Waals surface area contributed by atoms with Crippen LogP contribution in [0.4, 0.5) is 5.69 Å². The van der Waals surface area contributed by atoms with E-state index in [4.69, 9.17) is 18.9 Å². The largest absolute Gasteiger partial charge is 0.496 e. The fourth-order valence-corrected chi connectivity index (χ4v) is 12.3. The van der Waals surface area contributed by atoms with Crippen LogP contribution in [-0.4, -0.2) is 133 Å². The van der Waals surface area contributed by atoms with Crippen LogP contribution >= 0.6 is 0 Å². The summed E-state index contributed by atoms with van der Waals surface area (Å²) in [7, 11) is 4.06. The number of rotatable bonds is 10. The molecule has 3 N–H and O–H groups in total. The molecule has 2 bridgehead atoms. The summed E-state index contributed by atoms with van der Waals surface area (Å²) in [5.41, 5.74) is -2.09. The van der Waals surface area contributed by atoms with Crippen LogP contribution in [0.5, 0.6) is 5.75 Å². The summed E-state index contributed by atoms with van der Waals surface area (Å²) in [6.07, 6.45) is 7.89. The van der Waals surface area contributed by atoms with Gasteiger partial charge in [0, 0.05) is 72.8 Å². The second-order valence-corrected chi connectivity index (χ2v) is 17.7. The average molecular weight is 827 g/mol. The number of carbonyl (C=O) groups excluding carboxylic acids is 4. The molecule has 8 rings (SSSR count). The highest BCUT2D eigenvalue weighted by molar-refractivity contribution is 5.96. The fraction of sp³-hybridized carbons (Fsp3) is 0.565. The molecule has 14 nitrogen and oxygen atoms in total. The number of esters is 3. The van der Waals surface area contributed by atoms with Gasteiger partial charge in [-0.3, -0.25) is 24.2 Å². The van der Waals surface area contributed by atoms with Gasteiger partial charge in [-0.2, -0.15) is 0 Å². The molecule has 1 spiro atoms. The first-order valence-electron chi connectivity index (χ1n) is 21.2. The molecule has 3 unspecified atom stereocenters. The highest BCUT2D eigenvalue weighted by atomic mass is 16.6. The Bertz CT molecular complexity index is 2220. The van der Waals surface area contributed by atoms with E-state index in [0.29, 0.717) is 93.1 Å². The van der Waals surface area contributed by atoms with Gasteiger partial charge in [0.05, 0.1) is 38.7 Å². The number of anilines is 1. The molecule has 322 valence electrons. The van der Waals surface area contributed by atoms with Crippen LogP contribution < -0.4 is 9.64 Å². The number of H-pyrrole nitrogens is 1. The quantitative estimate of drug-likeness (QED) is 0.117. The van der Waals surface area contributed by atoms with E-state index in [-0.39, 0.29) is 24.3 Å². The Labute approximate surface area is 350 Å². The molecule has 2 saturated heterocycles. The summed E-state index contributed by atoms with van der Waals surface area (Å²) >= 11 is 0. The smallest absolute Gasteiger partial charge is 0.343 e. The van der Waals surface area contributed by atoms with Gasteiger partial charge < -0.3 is 39.0 Å². The Balaban J connectivity index is 1.47. The number of aromatic amines is 1. The normalized spacial score (nSPS) is 31.9. The molecular formula is C46H58N4O10. The van der Waals surface area contributed by atoms with Crippen LogP contribution in [0.2, 0.25) is 0 Å². The first-order valence-corrected chi connectivity index (χ1v) is 21.2. The minimum Gasteiger partial charge on any atom is -0.496 e. The van der Waals surface area contributed by atoms with E-state index in [1.54, 1.807) is 6.07 Å². The average Bonchev–Trinajstić information content (AvgIpc) is 3.93. The summed E-state index contributed by atoms with van der Waals surface area (Å²) in [5, 5.41) is 25.8. The summed E-state index contributed by atoms with van der Waals surface area (Å²) in [6, 6.07) is 10.1. The Morgan fingerprint density at radius 3 is 2.52 bits per heavy atom. The molecule has 9 atom stereocenters. The highest BCUT2D eigenvalue weighted by Gasteiger charge is 2.70. The number of methoxy groups -OCH3 is 3. The van der Waals surface area contributed by atoms with Crippen LogP contribution in [0.25, 0.3) is 10.9 Å². The van der Waals surface area contributed by atoms with E-state index >= 15 is 4.79 Å². The number of para-hydroxylation sites is 1. The number of aliphatic hydroxyl groups is 2. The number of fused-ring (bicyclic) bond motifs is 9. The number of aromatic nitrogens is 1. The van der Waals surface area contributed by atoms with Gasteiger partial charge in [0.25, 0.3) is 0 Å². The van der Waals surface area contributed by atoms with E-state index in [0.717, 1.165) is 30.0 Å². The van der Waals surface area contributed by atoms with E-state index in [1.807, 2.05) is 31.2 Å². The molecule has 2 aromatic carbocycles. The zero-order valence-electron chi connectivity index (χ0n) is 35.5. The molecular weight excluding hydrogens is 769 g/mol. The van der Waals surface area contributed by atoms with Gasteiger partial charge in [-0.1, -0.05) is 44.2 Å². The van der Waals surface area contributed by atoms with Crippen molar-refractivity contribution in [1.29, 1.82) is 0 Å². The summed E-state index contributed by atoms with van der Waals surface area (Å²) < 4.78 is 22.9. The number of nitrogens with zero attached hydrogens (tertiary/aromatic N) is 3. The zero-order valence-corrected chi connectivity index (χ0v) is 35.5. The lowest BCUT2D eigenvalue weighted by atomic mass is 9.61. The first-order chi connectivity index (χ1) is 28.8. The molecule has 1 amide bonds. The molecule has 0 saturated carbocycles. The van der Waals surface area contributed by atoms with E-state index in [9.17, 15) is 24.6 Å². The van der Waals surface area contributed by atoms with Gasteiger partial charge in [-0.25, -0.2) is 4.79 Å². The van der Waals surface area contributed by atoms with Crippen LogP contribution in [0.3, 0.4) is 0 Å². The molecule has 14 heteroatoms. The lowest BCUT2D eigenvalue weighted by molar-refractivity contribution is -0.178. The third kappa shape index (κ3) is 6.19. The standard InChI is InChI=1S/C46H58N4O10/c1-7-30-12-11-17-49-19-16-44(39(30)49)33-20-34(37(57-4)21-36(33)50(27-51)40(44)46(56,42(54)59-6)26-60-28(3)52)45(41(53)58-5)23-29-22-43(55,8-2)25-48(24-29)18-15-32-31-13-9-10-14-35(31)47-38(32)45/h9-14,20-21,27,29-30,39-40,47,55-56H,7-8,15-19,22-26H2,1-6H3/t29?,30-,39-,40+,43-,44?,45-,46-/m0/s1. The van der Waals surface area contributed by atoms with Gasteiger partial charge in [0.2, 0.25) is 12.0 Å². The van der Waals surface area contributed by atoms with E-state index in [2.05, 4.69) is 39.9 Å². The van der Waals surface area contributed by atoms with E-state index < -0.39 is 52.6 Å². The maximum Gasteiger partial charge on any atom is 0.343 e. The number of hydrogen-bond donors (Lipinski definition) is 3. The van der Waals surface area contributed by atoms with Gasteiger partial charge in [0.1, 0.15) is 17.8 Å². The Kier molecular flexibility index (Phi) is 10.9. The Morgan fingerprint density at radius 1 is 1.05 bits per heavy atom. The fourth-order valence-electron chi connectivity index (χ4n) is 12.3. The van der Waals surface area contributed by atoms with Crippen molar-refractivity contribution in [2.75, 3.05) is 65.6 Å². The van der Waals surface area contributed by atoms with Crippen molar-refractivity contribution in [3.8, 4) is 5.75 Å². The van der Waals surface area contributed by atoms with Gasteiger partial charge in [0.15, 0.2) is 0 Å². The number of nitrogens with one attached hydrogen (secondary N) is 1. The lowest BCUT2D eigenvalue weighted by Gasteiger charge is -2.49. The van der Waals surface area contributed by atoms with Crippen molar-refractivity contribution in [3.05, 3.63) is 70.9 Å². The summed E-state index contributed by atoms with van der Waals surface area (Å²) in [6.45, 7) is 7.55. The second-order valence-electron chi connectivity index (χ2n) is 17.7. The van der Waals surface area contributed by atoms with Gasteiger partial charge in [-0.05, 0) is 80.2 Å². The minimum atomic E-state index is -2.51. The third-order valence-electron chi connectivity index (χ3n) is 14.7. The van der Waals surface area contributed by atoms with Gasteiger partial charge in [-0.15, -0.1) is 0 Å². The van der Waals surface area contributed by atoms with Crippen molar-refractivity contribution in [2.45, 2.75) is 93.4 Å². The van der Waals surface area contributed by atoms with Gasteiger partial charge >= 0.3 is 17.9 Å². The summed E-state index contributed by atoms with van der Waals surface area (Å²) in [5.74, 6) is -2.19. The van der Waals surface area contributed by atoms with Crippen LogP contribution in [-0.2, 0) is 50.6 Å². The van der Waals surface area contributed by atoms with Crippen molar-refractivity contribution in [1.82, 2.24) is 14.8 Å². The van der Waals surface area contributed by atoms with Crippen molar-refractivity contribution >= 4 is 40.9 Å². The molecule has 5 aliphatic heterocycles. The Morgan fingerprint density at radius 2 is 1.83 bits per heavy atom. The molecule has 5 aliphatic rings. The van der Waals surface area contributed by atoms with Crippen molar-refractivity contribution in [3.63, 3.8) is 0 Å². The molecule has 6 heterocycles. The molecule has 0 radical (unpaired) electrons. The SMILES string of the molecule is CC[C@H]1C=CCN2CCC3(c4cc([C@@]5(C(=O)OC)CC6CN(CCc7c5[nH]c5ccccc75)C[C@](O)(CC)C6)c(OC)cc4N(C=O)[C@H]3[C@@](O)(COC(C)=O)C(=O)OC)[C@H]12. The number of carbonyl (C=O) groups is 4. The monoisotopic (exact) mass is 826 g/mol. The molecule has 3 aromatic rings. The maximum absolute atomic E-state index is 15.3. The molecule has 1 aromatic heterocycles. The second kappa shape index (κ2) is 15.6. The minimum absolute atomic E-state index is 0.0656. The predicted octanol–water partition coefficient (Wildman–Crippen LogP) is 3.77. The lowest BCUT2D eigenvalue weighted by Crippen LogP contribution is -2.69. The first kappa shape index (κ1) is 42.0.